The molecule has 5 heteroatoms. The summed E-state index contributed by atoms with van der Waals surface area (Å²) in [6, 6.07) is 7.80. The van der Waals surface area contributed by atoms with Gasteiger partial charge in [0, 0.05) is 0 Å². The van der Waals surface area contributed by atoms with Crippen molar-refractivity contribution in [1.29, 1.82) is 0 Å². The minimum atomic E-state index is -4.09. The van der Waals surface area contributed by atoms with E-state index in [1.165, 1.54) is 11.1 Å². The molecule has 22 heavy (non-hydrogen) atoms. The van der Waals surface area contributed by atoms with Gasteiger partial charge in [-0.3, -0.25) is 4.57 Å². The number of benzene rings is 1. The minimum Gasteiger partial charge on any atom is -0.364 e. The number of ether oxygens (including phenoxy) is 1. The lowest BCUT2D eigenvalue weighted by Gasteiger charge is -2.06. The molecule has 0 spiro atoms. The molecule has 0 radical (unpaired) electrons. The van der Waals surface area contributed by atoms with Crippen LogP contribution in [0.5, 0.6) is 0 Å². The van der Waals surface area contributed by atoms with Crippen LogP contribution >= 0.6 is 7.60 Å². The second-order valence-corrected chi connectivity index (χ2v) is 7.28. The predicted octanol–water partition coefficient (Wildman–Crippen LogP) is 4.49. The van der Waals surface area contributed by atoms with E-state index in [0.29, 0.717) is 0 Å². The van der Waals surface area contributed by atoms with Gasteiger partial charge in [-0.15, -0.1) is 0 Å². The van der Waals surface area contributed by atoms with Crippen molar-refractivity contribution >= 4 is 13.7 Å². The Morgan fingerprint density at radius 1 is 1.18 bits per heavy atom. The van der Waals surface area contributed by atoms with Crippen LogP contribution < -0.4 is 0 Å². The second-order valence-electron chi connectivity index (χ2n) is 5.69. The maximum Gasteiger partial charge on any atom is 0.350 e. The topological polar surface area (TPSA) is 66.8 Å². The van der Waals surface area contributed by atoms with E-state index in [-0.39, 0.29) is 6.61 Å². The van der Waals surface area contributed by atoms with E-state index in [4.69, 9.17) is 14.5 Å². The Balaban J connectivity index is 2.50. The fraction of sp³-hybridized carbons (Fsp3) is 0.412. The third-order valence-electron chi connectivity index (χ3n) is 3.01. The molecule has 0 saturated carbocycles. The first-order valence-electron chi connectivity index (χ1n) is 7.28. The van der Waals surface area contributed by atoms with Crippen molar-refractivity contribution in [1.82, 2.24) is 0 Å². The van der Waals surface area contributed by atoms with Gasteiger partial charge in [0.2, 0.25) is 0 Å². The van der Waals surface area contributed by atoms with E-state index in [1.807, 2.05) is 24.3 Å². The summed E-state index contributed by atoms with van der Waals surface area (Å²) in [4.78, 5) is 17.4. The molecule has 0 heterocycles. The SMILES string of the molecule is CC(C)=CCCC(C)=Cc1ccc(COCP(=O)(O)O)cc1. The molecule has 1 aromatic carbocycles. The molecule has 0 aliphatic rings. The van der Waals surface area contributed by atoms with Crippen LogP contribution in [0.15, 0.2) is 41.5 Å². The Bertz CT molecular complexity index is 563. The van der Waals surface area contributed by atoms with Gasteiger partial charge in [-0.25, -0.2) is 0 Å². The molecule has 0 aromatic heterocycles. The summed E-state index contributed by atoms with van der Waals surface area (Å²) in [5.74, 6) is 0. The van der Waals surface area contributed by atoms with E-state index in [9.17, 15) is 4.57 Å². The fourth-order valence-corrected chi connectivity index (χ4v) is 2.27. The lowest BCUT2D eigenvalue weighted by molar-refractivity contribution is 0.144. The first-order chi connectivity index (χ1) is 10.3. The van der Waals surface area contributed by atoms with E-state index in [2.05, 4.69) is 32.9 Å². The van der Waals surface area contributed by atoms with E-state index in [0.717, 1.165) is 24.0 Å². The Labute approximate surface area is 132 Å². The van der Waals surface area contributed by atoms with Crippen molar-refractivity contribution in [2.24, 2.45) is 0 Å². The zero-order chi connectivity index (χ0) is 16.6. The third-order valence-corrected chi connectivity index (χ3v) is 3.53. The molecular weight excluding hydrogens is 299 g/mol. The molecule has 0 fully saturated rings. The number of allylic oxidation sites excluding steroid dienone is 3. The molecule has 122 valence electrons. The highest BCUT2D eigenvalue weighted by Crippen LogP contribution is 2.34. The monoisotopic (exact) mass is 324 g/mol. The van der Waals surface area contributed by atoms with Gasteiger partial charge in [0.25, 0.3) is 0 Å². The molecule has 4 nitrogen and oxygen atoms in total. The minimum absolute atomic E-state index is 0.203. The predicted molar refractivity (Wildman–Crippen MR) is 90.5 cm³/mol. The molecule has 0 aliphatic carbocycles. The van der Waals surface area contributed by atoms with Crippen molar-refractivity contribution in [3.05, 3.63) is 52.6 Å². The van der Waals surface area contributed by atoms with Gasteiger partial charge < -0.3 is 14.5 Å². The van der Waals surface area contributed by atoms with Crippen LogP contribution in [0.25, 0.3) is 6.08 Å². The fourth-order valence-electron chi connectivity index (χ4n) is 1.94. The summed E-state index contributed by atoms with van der Waals surface area (Å²) in [5.41, 5.74) is 4.68. The van der Waals surface area contributed by atoms with Crippen molar-refractivity contribution in [2.45, 2.75) is 40.2 Å². The smallest absolute Gasteiger partial charge is 0.350 e. The van der Waals surface area contributed by atoms with E-state index < -0.39 is 13.9 Å². The molecule has 2 N–H and O–H groups in total. The lowest BCUT2D eigenvalue weighted by atomic mass is 10.1. The van der Waals surface area contributed by atoms with Crippen molar-refractivity contribution < 1.29 is 19.1 Å². The van der Waals surface area contributed by atoms with Gasteiger partial charge in [-0.05, 0) is 44.7 Å². The molecule has 1 rings (SSSR count). The molecule has 1 aromatic rings. The van der Waals surface area contributed by atoms with Crippen LogP contribution in [-0.2, 0) is 15.9 Å². The van der Waals surface area contributed by atoms with Crippen LogP contribution in [0.3, 0.4) is 0 Å². The summed E-state index contributed by atoms with van der Waals surface area (Å²) in [7, 11) is -4.09. The highest BCUT2D eigenvalue weighted by Gasteiger charge is 2.12. The van der Waals surface area contributed by atoms with Gasteiger partial charge >= 0.3 is 7.60 Å². The quantitative estimate of drug-likeness (QED) is 0.546. The molecular formula is C17H25O4P. The van der Waals surface area contributed by atoms with Crippen LogP contribution in [0.1, 0.15) is 44.7 Å². The molecule has 0 amide bonds. The zero-order valence-corrected chi connectivity index (χ0v) is 14.3. The van der Waals surface area contributed by atoms with Crippen LogP contribution in [0, 0.1) is 0 Å². The average Bonchev–Trinajstić information content (AvgIpc) is 2.39. The van der Waals surface area contributed by atoms with Crippen LogP contribution in [-0.4, -0.2) is 16.1 Å². The van der Waals surface area contributed by atoms with Gasteiger partial charge in [0.15, 0.2) is 0 Å². The van der Waals surface area contributed by atoms with Gasteiger partial charge in [0.05, 0.1) is 6.61 Å². The molecule has 0 saturated heterocycles. The van der Waals surface area contributed by atoms with Crippen LogP contribution in [0.2, 0.25) is 0 Å². The first kappa shape index (κ1) is 18.9. The summed E-state index contributed by atoms with van der Waals surface area (Å²) < 4.78 is 15.7. The first-order valence-corrected chi connectivity index (χ1v) is 9.08. The number of rotatable bonds is 8. The van der Waals surface area contributed by atoms with Crippen molar-refractivity contribution in [3.8, 4) is 0 Å². The van der Waals surface area contributed by atoms with Crippen molar-refractivity contribution in [2.75, 3.05) is 6.35 Å². The zero-order valence-electron chi connectivity index (χ0n) is 13.5. The van der Waals surface area contributed by atoms with Crippen LogP contribution in [0.4, 0.5) is 0 Å². The average molecular weight is 324 g/mol. The Morgan fingerprint density at radius 3 is 2.36 bits per heavy atom. The Hall–Kier alpha value is -1.19. The highest BCUT2D eigenvalue weighted by atomic mass is 31.2. The number of hydrogen-bond donors (Lipinski definition) is 2. The van der Waals surface area contributed by atoms with Gasteiger partial charge in [-0.1, -0.05) is 47.6 Å². The highest BCUT2D eigenvalue weighted by molar-refractivity contribution is 7.51. The van der Waals surface area contributed by atoms with E-state index in [1.54, 1.807) is 0 Å². The van der Waals surface area contributed by atoms with E-state index >= 15 is 0 Å². The normalized spacial score (nSPS) is 12.3. The Morgan fingerprint density at radius 2 is 1.82 bits per heavy atom. The molecule has 0 bridgehead atoms. The maximum absolute atomic E-state index is 10.7. The molecule has 0 atom stereocenters. The standard InChI is InChI=1S/C17H25O4P/c1-14(2)5-4-6-15(3)11-16-7-9-17(10-8-16)12-21-13-22(18,19)20/h5,7-11H,4,6,12-13H2,1-3H3,(H2,18,19,20). The third kappa shape index (κ3) is 8.96. The Kier molecular flexibility index (Phi) is 7.77. The van der Waals surface area contributed by atoms with Gasteiger partial charge in [0.1, 0.15) is 6.35 Å². The maximum atomic E-state index is 10.7. The largest absolute Gasteiger partial charge is 0.364 e. The summed E-state index contributed by atoms with van der Waals surface area (Å²) in [6.07, 6.45) is 5.94. The summed E-state index contributed by atoms with van der Waals surface area (Å²) >= 11 is 0. The second kappa shape index (κ2) is 9.06. The molecule has 0 unspecified atom stereocenters. The summed E-state index contributed by atoms with van der Waals surface area (Å²) in [5, 5.41) is 0. The number of hydrogen-bond acceptors (Lipinski definition) is 2. The van der Waals surface area contributed by atoms with Gasteiger partial charge in [-0.2, -0.15) is 0 Å². The molecule has 0 aliphatic heterocycles. The summed E-state index contributed by atoms with van der Waals surface area (Å²) in [6.45, 7) is 6.53. The lowest BCUT2D eigenvalue weighted by Crippen LogP contribution is -1.96. The van der Waals surface area contributed by atoms with Crippen molar-refractivity contribution in [3.63, 3.8) is 0 Å².